The fourth-order valence-electron chi connectivity index (χ4n) is 2.79. The maximum Gasteiger partial charge on any atom is 0.337 e. The van der Waals surface area contributed by atoms with Gasteiger partial charge in [-0.15, -0.1) is 0 Å². The molecule has 0 aliphatic heterocycles. The number of methoxy groups -OCH3 is 1. The van der Waals surface area contributed by atoms with E-state index in [4.69, 9.17) is 9.15 Å². The number of nitrogens with zero attached hydrogens (tertiary/aromatic N) is 2. The molecule has 1 N–H and O–H groups in total. The van der Waals surface area contributed by atoms with Crippen molar-refractivity contribution in [2.45, 2.75) is 6.92 Å². The minimum absolute atomic E-state index is 0.401. The van der Waals surface area contributed by atoms with Gasteiger partial charge in [0, 0.05) is 11.1 Å². The van der Waals surface area contributed by atoms with Crippen LogP contribution in [0.5, 0.6) is 0 Å². The molecule has 4 rings (SSSR count). The molecule has 4 aromatic rings. The maximum absolute atomic E-state index is 11.8. The van der Waals surface area contributed by atoms with Gasteiger partial charge in [-0.1, -0.05) is 18.2 Å². The number of aromatic nitrogens is 2. The van der Waals surface area contributed by atoms with Crippen LogP contribution in [-0.4, -0.2) is 23.0 Å². The molecule has 0 aliphatic rings. The second-order valence-electron chi connectivity index (χ2n) is 5.65. The number of para-hydroxylation sites is 1. The van der Waals surface area contributed by atoms with Crippen LogP contribution in [0.25, 0.3) is 22.1 Å². The number of fused-ring (bicyclic) bond motifs is 3. The molecule has 0 amide bonds. The van der Waals surface area contributed by atoms with Crippen molar-refractivity contribution in [2.75, 3.05) is 12.4 Å². The lowest BCUT2D eigenvalue weighted by Gasteiger charge is -2.09. The van der Waals surface area contributed by atoms with E-state index in [1.807, 2.05) is 31.2 Å². The summed E-state index contributed by atoms with van der Waals surface area (Å²) in [6.45, 7) is 2.02. The van der Waals surface area contributed by atoms with Crippen LogP contribution in [-0.2, 0) is 4.74 Å². The number of hydrogen-bond acceptors (Lipinski definition) is 6. The van der Waals surface area contributed by atoms with Gasteiger partial charge in [-0.05, 0) is 36.8 Å². The minimum atomic E-state index is -0.401. The molecule has 0 bridgehead atoms. The Balaban J connectivity index is 1.92. The van der Waals surface area contributed by atoms with Gasteiger partial charge in [-0.3, -0.25) is 0 Å². The Kier molecular flexibility index (Phi) is 3.57. The first-order valence-electron chi connectivity index (χ1n) is 7.75. The molecule has 0 radical (unpaired) electrons. The van der Waals surface area contributed by atoms with Crippen molar-refractivity contribution in [1.82, 2.24) is 9.97 Å². The Morgan fingerprint density at radius 3 is 2.80 bits per heavy atom. The van der Waals surface area contributed by atoms with Gasteiger partial charge < -0.3 is 14.5 Å². The normalized spacial score (nSPS) is 11.0. The average molecular weight is 333 g/mol. The van der Waals surface area contributed by atoms with Gasteiger partial charge >= 0.3 is 5.97 Å². The van der Waals surface area contributed by atoms with Crippen molar-refractivity contribution in [3.8, 4) is 0 Å². The summed E-state index contributed by atoms with van der Waals surface area (Å²) in [7, 11) is 1.36. The fraction of sp³-hybridized carbons (Fsp3) is 0.105. The molecule has 2 aromatic heterocycles. The summed E-state index contributed by atoms with van der Waals surface area (Å²) in [5.41, 5.74) is 3.58. The van der Waals surface area contributed by atoms with Crippen LogP contribution >= 0.6 is 0 Å². The average Bonchev–Trinajstić information content (AvgIpc) is 3.01. The number of hydrogen-bond donors (Lipinski definition) is 1. The third-order valence-electron chi connectivity index (χ3n) is 4.09. The summed E-state index contributed by atoms with van der Waals surface area (Å²) in [6, 6.07) is 13.1. The van der Waals surface area contributed by atoms with Gasteiger partial charge in [0.25, 0.3) is 0 Å². The molecule has 0 aliphatic carbocycles. The number of ether oxygens (including phenoxy) is 1. The van der Waals surface area contributed by atoms with Crippen LogP contribution < -0.4 is 5.32 Å². The lowest BCUT2D eigenvalue weighted by atomic mass is 10.1. The smallest absolute Gasteiger partial charge is 0.337 e. The van der Waals surface area contributed by atoms with Gasteiger partial charge in [0.05, 0.1) is 18.1 Å². The molecule has 2 heterocycles. The number of esters is 1. The molecule has 0 saturated carbocycles. The molecule has 0 fully saturated rings. The van der Waals surface area contributed by atoms with Crippen molar-refractivity contribution in [1.29, 1.82) is 0 Å². The van der Waals surface area contributed by atoms with E-state index < -0.39 is 5.97 Å². The number of benzene rings is 2. The summed E-state index contributed by atoms with van der Waals surface area (Å²) < 4.78 is 10.6. The molecule has 25 heavy (non-hydrogen) atoms. The summed E-state index contributed by atoms with van der Waals surface area (Å²) in [4.78, 5) is 20.4. The monoisotopic (exact) mass is 333 g/mol. The molecule has 0 spiro atoms. The number of aryl methyl sites for hydroxylation is 1. The zero-order valence-corrected chi connectivity index (χ0v) is 13.7. The Morgan fingerprint density at radius 1 is 1.16 bits per heavy atom. The van der Waals surface area contributed by atoms with E-state index in [1.165, 1.54) is 13.4 Å². The SMILES string of the molecule is COC(=O)c1ccc2oc3ncnc(Nc4ccccc4C)c3c2c1. The summed E-state index contributed by atoms with van der Waals surface area (Å²) in [6.07, 6.45) is 1.45. The maximum atomic E-state index is 11.8. The summed E-state index contributed by atoms with van der Waals surface area (Å²) in [5, 5.41) is 4.82. The molecular weight excluding hydrogens is 318 g/mol. The zero-order valence-electron chi connectivity index (χ0n) is 13.7. The van der Waals surface area contributed by atoms with E-state index in [-0.39, 0.29) is 0 Å². The molecule has 0 saturated heterocycles. The lowest BCUT2D eigenvalue weighted by molar-refractivity contribution is 0.0601. The Labute approximate surface area is 143 Å². The van der Waals surface area contributed by atoms with Crippen molar-refractivity contribution in [3.05, 3.63) is 59.9 Å². The number of carbonyl (C=O) groups excluding carboxylic acids is 1. The summed E-state index contributed by atoms with van der Waals surface area (Å²) in [5.74, 6) is 0.224. The van der Waals surface area contributed by atoms with E-state index >= 15 is 0 Å². The van der Waals surface area contributed by atoms with Crippen LogP contribution in [0.1, 0.15) is 15.9 Å². The van der Waals surface area contributed by atoms with Crippen molar-refractivity contribution in [2.24, 2.45) is 0 Å². The first-order chi connectivity index (χ1) is 12.2. The second-order valence-corrected chi connectivity index (χ2v) is 5.65. The Hall–Kier alpha value is -3.41. The number of nitrogens with one attached hydrogen (secondary N) is 1. The van der Waals surface area contributed by atoms with Crippen molar-refractivity contribution in [3.63, 3.8) is 0 Å². The fourth-order valence-corrected chi connectivity index (χ4v) is 2.79. The van der Waals surface area contributed by atoms with Crippen molar-refractivity contribution < 1.29 is 13.9 Å². The second kappa shape index (κ2) is 5.90. The largest absolute Gasteiger partial charge is 0.465 e. The predicted molar refractivity (Wildman–Crippen MR) is 95.1 cm³/mol. The van der Waals surface area contributed by atoms with Crippen LogP contribution in [0.15, 0.2) is 53.2 Å². The molecular formula is C19H15N3O3. The van der Waals surface area contributed by atoms with Gasteiger partial charge in [0.2, 0.25) is 5.71 Å². The van der Waals surface area contributed by atoms with Crippen molar-refractivity contribution >= 4 is 39.5 Å². The highest BCUT2D eigenvalue weighted by Gasteiger charge is 2.16. The number of rotatable bonds is 3. The third-order valence-corrected chi connectivity index (χ3v) is 4.09. The first-order valence-corrected chi connectivity index (χ1v) is 7.75. The van der Waals surface area contributed by atoms with Gasteiger partial charge in [-0.2, -0.15) is 0 Å². The third kappa shape index (κ3) is 2.57. The lowest BCUT2D eigenvalue weighted by Crippen LogP contribution is -2.00. The number of carbonyl (C=O) groups is 1. The zero-order chi connectivity index (χ0) is 17.4. The molecule has 6 nitrogen and oxygen atoms in total. The first kappa shape index (κ1) is 15.1. The van der Waals surface area contributed by atoms with E-state index in [1.54, 1.807) is 18.2 Å². The predicted octanol–water partition coefficient (Wildman–Crippen LogP) is 4.21. The standard InChI is InChI=1S/C19H15N3O3/c1-11-5-3-4-6-14(11)22-17-16-13-9-12(19(23)24-2)7-8-15(13)25-18(16)21-10-20-17/h3-10H,1-2H3,(H,20,21,22). The highest BCUT2D eigenvalue weighted by atomic mass is 16.5. The Bertz CT molecular complexity index is 1100. The number of anilines is 2. The van der Waals surface area contributed by atoms with Gasteiger partial charge in [-0.25, -0.2) is 14.8 Å². The number of furan rings is 1. The molecule has 6 heteroatoms. The van der Waals surface area contributed by atoms with Gasteiger partial charge in [0.1, 0.15) is 17.7 Å². The molecule has 2 aromatic carbocycles. The van der Waals surface area contributed by atoms with E-state index in [0.717, 1.165) is 22.0 Å². The van der Waals surface area contributed by atoms with Crippen LogP contribution in [0.4, 0.5) is 11.5 Å². The summed E-state index contributed by atoms with van der Waals surface area (Å²) >= 11 is 0. The van der Waals surface area contributed by atoms with E-state index in [2.05, 4.69) is 15.3 Å². The highest BCUT2D eigenvalue weighted by molar-refractivity contribution is 6.11. The molecule has 124 valence electrons. The topological polar surface area (TPSA) is 77.2 Å². The van der Waals surface area contributed by atoms with Crippen LogP contribution in [0.2, 0.25) is 0 Å². The van der Waals surface area contributed by atoms with Crippen LogP contribution in [0, 0.1) is 6.92 Å². The van der Waals surface area contributed by atoms with Gasteiger partial charge in [0.15, 0.2) is 0 Å². The highest BCUT2D eigenvalue weighted by Crippen LogP contribution is 2.34. The minimum Gasteiger partial charge on any atom is -0.465 e. The quantitative estimate of drug-likeness (QED) is 0.566. The molecule has 0 unspecified atom stereocenters. The molecule has 0 atom stereocenters. The Morgan fingerprint density at radius 2 is 2.00 bits per heavy atom. The van der Waals surface area contributed by atoms with E-state index in [0.29, 0.717) is 22.7 Å². The van der Waals surface area contributed by atoms with Crippen LogP contribution in [0.3, 0.4) is 0 Å². The van der Waals surface area contributed by atoms with E-state index in [9.17, 15) is 4.79 Å².